The molecule has 0 bridgehead atoms. The fourth-order valence-electron chi connectivity index (χ4n) is 2.31. The minimum absolute atomic E-state index is 0.709. The van der Waals surface area contributed by atoms with Gasteiger partial charge in [0.1, 0.15) is 0 Å². The molecule has 0 aromatic heterocycles. The van der Waals surface area contributed by atoms with Gasteiger partial charge < -0.3 is 15.0 Å². The first-order valence-corrected chi connectivity index (χ1v) is 7.96. The van der Waals surface area contributed by atoms with Crippen molar-refractivity contribution in [1.82, 2.24) is 5.32 Å². The van der Waals surface area contributed by atoms with Crippen molar-refractivity contribution in [1.29, 1.82) is 0 Å². The monoisotopic (exact) mass is 296 g/mol. The molecule has 1 aromatic rings. The summed E-state index contributed by atoms with van der Waals surface area (Å²) in [5.41, 5.74) is 2.55. The summed E-state index contributed by atoms with van der Waals surface area (Å²) in [5, 5.41) is 4.38. The number of benzene rings is 1. The first-order chi connectivity index (χ1) is 9.74. The second-order valence-electron chi connectivity index (χ2n) is 5.20. The molecule has 1 aliphatic rings. The highest BCUT2D eigenvalue weighted by molar-refractivity contribution is 6.30. The van der Waals surface area contributed by atoms with E-state index < -0.39 is 0 Å². The second kappa shape index (κ2) is 7.87. The zero-order valence-corrected chi connectivity index (χ0v) is 13.2. The van der Waals surface area contributed by atoms with Gasteiger partial charge in [-0.3, -0.25) is 0 Å². The topological polar surface area (TPSA) is 24.5 Å². The molecule has 1 saturated carbocycles. The lowest BCUT2D eigenvalue weighted by Crippen LogP contribution is -2.29. The maximum absolute atomic E-state index is 6.15. The molecule has 20 heavy (non-hydrogen) atoms. The fraction of sp³-hybridized carbons (Fsp3) is 0.625. The van der Waals surface area contributed by atoms with Gasteiger partial charge in [-0.15, -0.1) is 0 Å². The summed E-state index contributed by atoms with van der Waals surface area (Å²) in [6.07, 6.45) is 2.61. The summed E-state index contributed by atoms with van der Waals surface area (Å²) in [4.78, 5) is 2.36. The van der Waals surface area contributed by atoms with Gasteiger partial charge in [-0.2, -0.15) is 0 Å². The summed E-state index contributed by atoms with van der Waals surface area (Å²) >= 11 is 6.15. The molecule has 1 fully saturated rings. The van der Waals surface area contributed by atoms with E-state index in [1.807, 2.05) is 13.0 Å². The summed E-state index contributed by atoms with van der Waals surface area (Å²) in [5.74, 6) is 0. The highest BCUT2D eigenvalue weighted by atomic mass is 35.5. The quantitative estimate of drug-likeness (QED) is 0.706. The Morgan fingerprint density at radius 3 is 2.80 bits per heavy atom. The minimum atomic E-state index is 0.709. The number of likely N-dealkylation sites (N-methyl/N-ethyl adjacent to an activating group) is 1. The Hall–Kier alpha value is -0.770. The van der Waals surface area contributed by atoms with Crippen LogP contribution in [0, 0.1) is 0 Å². The van der Waals surface area contributed by atoms with E-state index in [0.717, 1.165) is 37.9 Å². The molecule has 112 valence electrons. The zero-order chi connectivity index (χ0) is 14.4. The van der Waals surface area contributed by atoms with Crippen LogP contribution in [0.2, 0.25) is 5.02 Å². The lowest BCUT2D eigenvalue weighted by molar-refractivity contribution is 0.154. The Morgan fingerprint density at radius 2 is 2.15 bits per heavy atom. The predicted octanol–water partition coefficient (Wildman–Crippen LogP) is 3.45. The molecule has 0 radical (unpaired) electrons. The Kier molecular flexibility index (Phi) is 6.14. The van der Waals surface area contributed by atoms with Gasteiger partial charge in [-0.05, 0) is 50.5 Å². The molecular weight excluding hydrogens is 272 g/mol. The molecule has 0 saturated heterocycles. The van der Waals surface area contributed by atoms with Crippen LogP contribution < -0.4 is 10.2 Å². The molecule has 1 aliphatic carbocycles. The summed E-state index contributed by atoms with van der Waals surface area (Å²) in [6, 6.07) is 6.89. The van der Waals surface area contributed by atoms with Crippen LogP contribution in [-0.2, 0) is 11.3 Å². The molecule has 0 unspecified atom stereocenters. The number of ether oxygens (including phenoxy) is 1. The lowest BCUT2D eigenvalue weighted by Gasteiger charge is -2.26. The van der Waals surface area contributed by atoms with Gasteiger partial charge >= 0.3 is 0 Å². The van der Waals surface area contributed by atoms with Crippen LogP contribution in [0.4, 0.5) is 5.69 Å². The van der Waals surface area contributed by atoms with E-state index in [2.05, 4.69) is 29.3 Å². The predicted molar refractivity (Wildman–Crippen MR) is 85.7 cm³/mol. The average molecular weight is 297 g/mol. The van der Waals surface area contributed by atoms with Crippen LogP contribution in [-0.4, -0.2) is 32.3 Å². The number of hydrogen-bond donors (Lipinski definition) is 1. The van der Waals surface area contributed by atoms with Gasteiger partial charge in [0.2, 0.25) is 0 Å². The molecule has 3 nitrogen and oxygen atoms in total. The highest BCUT2D eigenvalue weighted by Crippen LogP contribution is 2.26. The zero-order valence-electron chi connectivity index (χ0n) is 12.5. The van der Waals surface area contributed by atoms with Gasteiger partial charge in [0.15, 0.2) is 0 Å². The van der Waals surface area contributed by atoms with E-state index in [0.29, 0.717) is 6.04 Å². The van der Waals surface area contributed by atoms with Crippen LogP contribution in [0.15, 0.2) is 18.2 Å². The SMILES string of the molecule is CCOCCN(CC)c1ccc(Cl)cc1CNC1CC1. The molecule has 1 aromatic carbocycles. The largest absolute Gasteiger partial charge is 0.380 e. The molecule has 0 atom stereocenters. The summed E-state index contributed by atoms with van der Waals surface area (Å²) in [7, 11) is 0. The van der Waals surface area contributed by atoms with E-state index in [-0.39, 0.29) is 0 Å². The molecule has 1 N–H and O–H groups in total. The molecule has 0 amide bonds. The molecule has 2 rings (SSSR count). The van der Waals surface area contributed by atoms with Gasteiger partial charge in [0.25, 0.3) is 0 Å². The van der Waals surface area contributed by atoms with Crippen LogP contribution in [0.3, 0.4) is 0 Å². The van der Waals surface area contributed by atoms with Crippen molar-refractivity contribution in [3.63, 3.8) is 0 Å². The first kappa shape index (κ1) is 15.6. The molecule has 0 aliphatic heterocycles. The Bertz CT molecular complexity index is 421. The standard InChI is InChI=1S/C16H25ClN2O/c1-3-19(9-10-20-4-2)16-8-5-14(17)11-13(16)12-18-15-6-7-15/h5,8,11,15,18H,3-4,6-7,9-10,12H2,1-2H3. The third-order valence-electron chi connectivity index (χ3n) is 3.63. The van der Waals surface area contributed by atoms with Crippen molar-refractivity contribution in [3.05, 3.63) is 28.8 Å². The maximum Gasteiger partial charge on any atom is 0.0641 e. The van der Waals surface area contributed by atoms with E-state index in [1.54, 1.807) is 0 Å². The molecule has 0 spiro atoms. The Balaban J connectivity index is 2.05. The number of nitrogens with zero attached hydrogens (tertiary/aromatic N) is 1. The third kappa shape index (κ3) is 4.65. The third-order valence-corrected chi connectivity index (χ3v) is 3.87. The van der Waals surface area contributed by atoms with Gasteiger partial charge in [-0.1, -0.05) is 11.6 Å². The molecular formula is C16H25ClN2O. The maximum atomic E-state index is 6.15. The van der Waals surface area contributed by atoms with Crippen LogP contribution in [0.5, 0.6) is 0 Å². The van der Waals surface area contributed by atoms with Crippen molar-refractivity contribution < 1.29 is 4.74 Å². The average Bonchev–Trinajstić information content (AvgIpc) is 3.26. The van der Waals surface area contributed by atoms with Crippen LogP contribution in [0.25, 0.3) is 0 Å². The van der Waals surface area contributed by atoms with Crippen molar-refractivity contribution in [2.45, 2.75) is 39.3 Å². The lowest BCUT2D eigenvalue weighted by atomic mass is 10.1. The van der Waals surface area contributed by atoms with Gasteiger partial charge in [-0.25, -0.2) is 0 Å². The number of rotatable bonds is 9. The van der Waals surface area contributed by atoms with Crippen molar-refractivity contribution >= 4 is 17.3 Å². The highest BCUT2D eigenvalue weighted by Gasteiger charge is 2.21. The Morgan fingerprint density at radius 1 is 1.35 bits per heavy atom. The van der Waals surface area contributed by atoms with Crippen LogP contribution >= 0.6 is 11.6 Å². The van der Waals surface area contributed by atoms with Crippen molar-refractivity contribution in [3.8, 4) is 0 Å². The minimum Gasteiger partial charge on any atom is -0.380 e. The normalized spacial score (nSPS) is 14.6. The van der Waals surface area contributed by atoms with Crippen molar-refractivity contribution in [2.75, 3.05) is 31.2 Å². The summed E-state index contributed by atoms with van der Waals surface area (Å²) in [6.45, 7) is 8.54. The summed E-state index contributed by atoms with van der Waals surface area (Å²) < 4.78 is 5.48. The Labute approximate surface area is 127 Å². The van der Waals surface area contributed by atoms with Gasteiger partial charge in [0, 0.05) is 43.0 Å². The number of anilines is 1. The van der Waals surface area contributed by atoms with E-state index in [4.69, 9.17) is 16.3 Å². The molecule has 0 heterocycles. The first-order valence-electron chi connectivity index (χ1n) is 7.59. The number of hydrogen-bond acceptors (Lipinski definition) is 3. The van der Waals surface area contributed by atoms with Crippen molar-refractivity contribution in [2.24, 2.45) is 0 Å². The van der Waals surface area contributed by atoms with Gasteiger partial charge in [0.05, 0.1) is 6.61 Å². The number of nitrogens with one attached hydrogen (secondary N) is 1. The van der Waals surface area contributed by atoms with Crippen LogP contribution in [0.1, 0.15) is 32.3 Å². The fourth-order valence-corrected chi connectivity index (χ4v) is 2.51. The second-order valence-corrected chi connectivity index (χ2v) is 5.64. The van der Waals surface area contributed by atoms with E-state index in [1.165, 1.54) is 24.1 Å². The molecule has 4 heteroatoms. The number of halogens is 1. The van der Waals surface area contributed by atoms with E-state index in [9.17, 15) is 0 Å². The van der Waals surface area contributed by atoms with E-state index >= 15 is 0 Å². The smallest absolute Gasteiger partial charge is 0.0641 e.